The molecule has 0 saturated carbocycles. The monoisotopic (exact) mass is 267 g/mol. The Bertz CT molecular complexity index is 633. The van der Waals surface area contributed by atoms with E-state index in [1.807, 2.05) is 13.0 Å². The summed E-state index contributed by atoms with van der Waals surface area (Å²) in [6.45, 7) is 7.13. The summed E-state index contributed by atoms with van der Waals surface area (Å²) in [6, 6.07) is 12.7. The molecule has 1 heterocycles. The highest BCUT2D eigenvalue weighted by Crippen LogP contribution is 2.25. The summed E-state index contributed by atoms with van der Waals surface area (Å²) >= 11 is 0. The van der Waals surface area contributed by atoms with Gasteiger partial charge >= 0.3 is 0 Å². The van der Waals surface area contributed by atoms with Crippen LogP contribution in [-0.2, 0) is 19.5 Å². The molecule has 104 valence electrons. The average Bonchev–Trinajstić information content (AvgIpc) is 2.44. The first-order valence-electron chi connectivity index (χ1n) is 7.22. The second-order valence-electron chi connectivity index (χ2n) is 5.79. The topological polar surface area (TPSA) is 23.5 Å². The van der Waals surface area contributed by atoms with Gasteiger partial charge in [0.2, 0.25) is 0 Å². The minimum atomic E-state index is 0.398. The number of aryl methyl sites for hydroxylation is 2. The summed E-state index contributed by atoms with van der Waals surface area (Å²) < 4.78 is 0. The van der Waals surface area contributed by atoms with E-state index in [1.54, 1.807) is 0 Å². The minimum Gasteiger partial charge on any atom is -0.508 e. The highest BCUT2D eigenvalue weighted by molar-refractivity contribution is 5.40. The maximum atomic E-state index is 9.75. The fourth-order valence-electron chi connectivity index (χ4n) is 2.96. The van der Waals surface area contributed by atoms with Crippen LogP contribution in [0.2, 0.25) is 0 Å². The molecule has 1 aliphatic heterocycles. The number of benzene rings is 2. The van der Waals surface area contributed by atoms with E-state index in [4.69, 9.17) is 0 Å². The molecule has 2 aromatic carbocycles. The molecule has 0 unspecified atom stereocenters. The molecule has 0 aromatic heterocycles. The van der Waals surface area contributed by atoms with E-state index in [0.29, 0.717) is 5.75 Å². The second-order valence-corrected chi connectivity index (χ2v) is 5.79. The van der Waals surface area contributed by atoms with Crippen molar-refractivity contribution in [2.45, 2.75) is 33.4 Å². The molecule has 0 bridgehead atoms. The normalized spacial score (nSPS) is 15.1. The van der Waals surface area contributed by atoms with Gasteiger partial charge in [0.1, 0.15) is 5.75 Å². The zero-order valence-electron chi connectivity index (χ0n) is 12.2. The van der Waals surface area contributed by atoms with Crippen LogP contribution >= 0.6 is 0 Å². The van der Waals surface area contributed by atoms with Crippen molar-refractivity contribution in [1.29, 1.82) is 0 Å². The molecule has 0 aliphatic carbocycles. The molecular formula is C18H21NO. The van der Waals surface area contributed by atoms with Crippen LogP contribution in [0.5, 0.6) is 5.75 Å². The lowest BCUT2D eigenvalue weighted by molar-refractivity contribution is 0.245. The van der Waals surface area contributed by atoms with Gasteiger partial charge in [0.05, 0.1) is 0 Å². The van der Waals surface area contributed by atoms with Gasteiger partial charge < -0.3 is 5.11 Å². The zero-order chi connectivity index (χ0) is 14.1. The predicted molar refractivity (Wildman–Crippen MR) is 81.8 cm³/mol. The molecule has 0 spiro atoms. The van der Waals surface area contributed by atoms with E-state index < -0.39 is 0 Å². The highest BCUT2D eigenvalue weighted by Gasteiger charge is 2.16. The third kappa shape index (κ3) is 2.56. The Balaban J connectivity index is 1.78. The Morgan fingerprint density at radius 2 is 1.80 bits per heavy atom. The quantitative estimate of drug-likeness (QED) is 0.899. The van der Waals surface area contributed by atoms with Gasteiger partial charge in [0.25, 0.3) is 0 Å². The smallest absolute Gasteiger partial charge is 0.118 e. The van der Waals surface area contributed by atoms with E-state index in [2.05, 4.69) is 42.2 Å². The van der Waals surface area contributed by atoms with Crippen LogP contribution in [0.15, 0.2) is 36.4 Å². The van der Waals surface area contributed by atoms with E-state index in [1.165, 1.54) is 22.3 Å². The van der Waals surface area contributed by atoms with Crippen LogP contribution in [0.25, 0.3) is 0 Å². The Morgan fingerprint density at radius 3 is 2.60 bits per heavy atom. The third-order valence-electron chi connectivity index (χ3n) is 4.26. The summed E-state index contributed by atoms with van der Waals surface area (Å²) in [5, 5.41) is 9.75. The van der Waals surface area contributed by atoms with E-state index in [-0.39, 0.29) is 0 Å². The molecule has 0 fully saturated rings. The van der Waals surface area contributed by atoms with Crippen LogP contribution in [0.3, 0.4) is 0 Å². The molecular weight excluding hydrogens is 246 g/mol. The highest BCUT2D eigenvalue weighted by atomic mass is 16.3. The summed E-state index contributed by atoms with van der Waals surface area (Å²) in [7, 11) is 0. The Kier molecular flexibility index (Phi) is 3.49. The number of hydrogen-bond donors (Lipinski definition) is 1. The van der Waals surface area contributed by atoms with Gasteiger partial charge in [-0.1, -0.05) is 30.3 Å². The van der Waals surface area contributed by atoms with Gasteiger partial charge in [-0.05, 0) is 54.2 Å². The van der Waals surface area contributed by atoms with Crippen molar-refractivity contribution < 1.29 is 5.11 Å². The standard InChI is InChI=1S/C18H21NO/c1-13-10-18(20)14(2)9-17(13)12-19-8-7-15-5-3-4-6-16(15)11-19/h3-6,9-10,20H,7-8,11-12H2,1-2H3. The molecule has 2 heteroatoms. The molecule has 2 nitrogen and oxygen atoms in total. The SMILES string of the molecule is Cc1cc(CN2CCc3ccccc3C2)c(C)cc1O. The number of rotatable bonds is 2. The van der Waals surface area contributed by atoms with Crippen LogP contribution in [0.4, 0.5) is 0 Å². The number of phenolic OH excluding ortho intramolecular Hbond substituents is 1. The molecule has 1 N–H and O–H groups in total. The third-order valence-corrected chi connectivity index (χ3v) is 4.26. The summed E-state index contributed by atoms with van der Waals surface area (Å²) in [5.74, 6) is 0.398. The van der Waals surface area contributed by atoms with Crippen molar-refractivity contribution in [3.8, 4) is 5.75 Å². The van der Waals surface area contributed by atoms with Gasteiger partial charge in [-0.25, -0.2) is 0 Å². The number of hydrogen-bond acceptors (Lipinski definition) is 2. The van der Waals surface area contributed by atoms with E-state index in [0.717, 1.165) is 31.6 Å². The predicted octanol–water partition coefficient (Wildman–Crippen LogP) is 3.57. The molecule has 0 atom stereocenters. The van der Waals surface area contributed by atoms with Gasteiger partial charge in [0, 0.05) is 19.6 Å². The molecule has 0 amide bonds. The van der Waals surface area contributed by atoms with Crippen molar-refractivity contribution in [2.24, 2.45) is 0 Å². The fraction of sp³-hybridized carbons (Fsp3) is 0.333. The van der Waals surface area contributed by atoms with E-state index in [9.17, 15) is 5.11 Å². The molecule has 20 heavy (non-hydrogen) atoms. The minimum absolute atomic E-state index is 0.398. The van der Waals surface area contributed by atoms with Crippen LogP contribution in [0.1, 0.15) is 27.8 Å². The van der Waals surface area contributed by atoms with E-state index >= 15 is 0 Å². The number of phenols is 1. The van der Waals surface area contributed by atoms with Crippen LogP contribution in [-0.4, -0.2) is 16.6 Å². The number of fused-ring (bicyclic) bond motifs is 1. The maximum Gasteiger partial charge on any atom is 0.118 e. The summed E-state index contributed by atoms with van der Waals surface area (Å²) in [5.41, 5.74) is 6.39. The number of nitrogens with zero attached hydrogens (tertiary/aromatic N) is 1. The first kappa shape index (κ1) is 13.2. The van der Waals surface area contributed by atoms with Crippen molar-refractivity contribution in [2.75, 3.05) is 6.54 Å². The van der Waals surface area contributed by atoms with Gasteiger partial charge in [-0.15, -0.1) is 0 Å². The molecule has 2 aromatic rings. The summed E-state index contributed by atoms with van der Waals surface area (Å²) in [4.78, 5) is 2.49. The number of aromatic hydroxyl groups is 1. The van der Waals surface area contributed by atoms with Crippen molar-refractivity contribution in [3.63, 3.8) is 0 Å². The zero-order valence-corrected chi connectivity index (χ0v) is 12.2. The van der Waals surface area contributed by atoms with Crippen molar-refractivity contribution >= 4 is 0 Å². The maximum absolute atomic E-state index is 9.75. The summed E-state index contributed by atoms with van der Waals surface area (Å²) in [6.07, 6.45) is 1.13. The first-order chi connectivity index (χ1) is 9.63. The molecule has 0 radical (unpaired) electrons. The lowest BCUT2D eigenvalue weighted by Crippen LogP contribution is -2.30. The second kappa shape index (κ2) is 5.29. The Labute approximate surface area is 120 Å². The van der Waals surface area contributed by atoms with Gasteiger partial charge in [0.15, 0.2) is 0 Å². The van der Waals surface area contributed by atoms with Crippen LogP contribution < -0.4 is 0 Å². The first-order valence-corrected chi connectivity index (χ1v) is 7.22. The van der Waals surface area contributed by atoms with Crippen molar-refractivity contribution in [3.05, 3.63) is 64.2 Å². The Hall–Kier alpha value is -1.80. The lowest BCUT2D eigenvalue weighted by Gasteiger charge is -2.29. The van der Waals surface area contributed by atoms with Crippen LogP contribution in [0, 0.1) is 13.8 Å². The molecule has 1 aliphatic rings. The average molecular weight is 267 g/mol. The largest absolute Gasteiger partial charge is 0.508 e. The van der Waals surface area contributed by atoms with Crippen molar-refractivity contribution in [1.82, 2.24) is 4.90 Å². The molecule has 0 saturated heterocycles. The van der Waals surface area contributed by atoms with Gasteiger partial charge in [-0.3, -0.25) is 4.90 Å². The lowest BCUT2D eigenvalue weighted by atomic mass is 9.98. The Morgan fingerprint density at radius 1 is 1.05 bits per heavy atom. The van der Waals surface area contributed by atoms with Gasteiger partial charge in [-0.2, -0.15) is 0 Å². The molecule has 3 rings (SSSR count). The fourth-order valence-corrected chi connectivity index (χ4v) is 2.96.